The summed E-state index contributed by atoms with van der Waals surface area (Å²) in [6.45, 7) is 0.170. The molecule has 3 N–H and O–H groups in total. The normalized spacial score (nSPS) is 12.5. The molecule has 0 saturated heterocycles. The molecule has 0 aliphatic heterocycles. The van der Waals surface area contributed by atoms with Crippen LogP contribution in [0.5, 0.6) is 0 Å². The van der Waals surface area contributed by atoms with Crippen LogP contribution in [-0.2, 0) is 16.6 Å². The van der Waals surface area contributed by atoms with Crippen LogP contribution >= 0.6 is 0 Å². The number of methoxy groups -OCH3 is 1. The fourth-order valence-corrected chi connectivity index (χ4v) is 0.868. The highest BCUT2D eigenvalue weighted by Gasteiger charge is 2.14. The first-order chi connectivity index (χ1) is 6.65. The maximum Gasteiger partial charge on any atom is 0.246 e. The Balaban J connectivity index is 2.53. The summed E-state index contributed by atoms with van der Waals surface area (Å²) in [6, 6.07) is -0.698. The fraction of sp³-hybridized carbons (Fsp3) is 0.571. The highest BCUT2D eigenvalue weighted by Crippen LogP contribution is 1.98. The van der Waals surface area contributed by atoms with Crippen molar-refractivity contribution >= 4 is 11.9 Å². The summed E-state index contributed by atoms with van der Waals surface area (Å²) in [5, 5.41) is 6.31. The molecule has 0 saturated carbocycles. The molecule has 0 aliphatic rings. The Bertz CT molecular complexity index is 311. The lowest BCUT2D eigenvalue weighted by molar-refractivity contribution is -0.118. The number of carbonyl (C=O) groups excluding carboxylic acids is 1. The van der Waals surface area contributed by atoms with E-state index in [0.29, 0.717) is 5.95 Å². The van der Waals surface area contributed by atoms with Crippen molar-refractivity contribution in [2.75, 3.05) is 19.0 Å². The first-order valence-corrected chi connectivity index (χ1v) is 4.04. The predicted molar refractivity (Wildman–Crippen MR) is 49.5 cm³/mol. The lowest BCUT2D eigenvalue weighted by atomic mass is 10.3. The summed E-state index contributed by atoms with van der Waals surface area (Å²) in [5.41, 5.74) is 5.50. The third-order valence-electron chi connectivity index (χ3n) is 1.63. The quantitative estimate of drug-likeness (QED) is 0.630. The lowest BCUT2D eigenvalue weighted by Gasteiger charge is -2.09. The molecule has 0 aromatic carbocycles. The largest absolute Gasteiger partial charge is 0.383 e. The van der Waals surface area contributed by atoms with Crippen LogP contribution in [0.15, 0.2) is 6.33 Å². The van der Waals surface area contributed by atoms with Crippen molar-refractivity contribution in [3.63, 3.8) is 0 Å². The molecule has 0 aliphatic carbocycles. The second kappa shape index (κ2) is 4.68. The number of nitrogens with zero attached hydrogens (tertiary/aromatic N) is 3. The van der Waals surface area contributed by atoms with Crippen molar-refractivity contribution in [1.29, 1.82) is 0 Å². The van der Waals surface area contributed by atoms with E-state index >= 15 is 0 Å². The Labute approximate surface area is 81.2 Å². The van der Waals surface area contributed by atoms with E-state index in [-0.39, 0.29) is 12.5 Å². The molecule has 1 aromatic heterocycles. The number of nitrogens with two attached hydrogens (primary N) is 1. The van der Waals surface area contributed by atoms with Crippen LogP contribution < -0.4 is 11.1 Å². The second-order valence-electron chi connectivity index (χ2n) is 2.76. The minimum atomic E-state index is -0.698. The zero-order valence-corrected chi connectivity index (χ0v) is 8.10. The SMILES string of the molecule is COCC(N)C(=O)Nc1ncnn1C. The van der Waals surface area contributed by atoms with E-state index < -0.39 is 6.04 Å². The van der Waals surface area contributed by atoms with Gasteiger partial charge in [-0.2, -0.15) is 10.1 Å². The zero-order valence-electron chi connectivity index (χ0n) is 8.10. The number of amides is 1. The van der Waals surface area contributed by atoms with Gasteiger partial charge < -0.3 is 10.5 Å². The van der Waals surface area contributed by atoms with Gasteiger partial charge in [0.15, 0.2) is 0 Å². The van der Waals surface area contributed by atoms with E-state index in [1.807, 2.05) is 0 Å². The Hall–Kier alpha value is -1.47. The van der Waals surface area contributed by atoms with Crippen LogP contribution in [0.25, 0.3) is 0 Å². The molecular weight excluding hydrogens is 186 g/mol. The summed E-state index contributed by atoms with van der Waals surface area (Å²) >= 11 is 0. The number of carbonyl (C=O) groups is 1. The summed E-state index contributed by atoms with van der Waals surface area (Å²) in [6.07, 6.45) is 1.34. The van der Waals surface area contributed by atoms with Crippen LogP contribution in [0.3, 0.4) is 0 Å². The summed E-state index contributed by atoms with van der Waals surface area (Å²) in [5.74, 6) is 0.0181. The van der Waals surface area contributed by atoms with Gasteiger partial charge in [-0.25, -0.2) is 4.68 Å². The van der Waals surface area contributed by atoms with Gasteiger partial charge in [0.2, 0.25) is 11.9 Å². The number of anilines is 1. The molecule has 1 atom stereocenters. The number of aryl methyl sites for hydroxylation is 1. The Kier molecular flexibility index (Phi) is 3.55. The number of rotatable bonds is 4. The zero-order chi connectivity index (χ0) is 10.6. The molecule has 1 rings (SSSR count). The first kappa shape index (κ1) is 10.6. The molecule has 1 heterocycles. The molecule has 7 nitrogen and oxygen atoms in total. The van der Waals surface area contributed by atoms with Gasteiger partial charge >= 0.3 is 0 Å². The topological polar surface area (TPSA) is 95.1 Å². The van der Waals surface area contributed by atoms with Crippen molar-refractivity contribution in [2.24, 2.45) is 12.8 Å². The van der Waals surface area contributed by atoms with E-state index in [1.165, 1.54) is 18.1 Å². The number of aromatic nitrogens is 3. The van der Waals surface area contributed by atoms with Crippen LogP contribution in [0.2, 0.25) is 0 Å². The maximum absolute atomic E-state index is 11.4. The summed E-state index contributed by atoms with van der Waals surface area (Å²) in [4.78, 5) is 15.2. The van der Waals surface area contributed by atoms with Crippen molar-refractivity contribution < 1.29 is 9.53 Å². The molecule has 14 heavy (non-hydrogen) atoms. The number of hydrogen-bond acceptors (Lipinski definition) is 5. The van der Waals surface area contributed by atoms with Gasteiger partial charge in [0.05, 0.1) is 6.61 Å². The Morgan fingerprint density at radius 3 is 3.07 bits per heavy atom. The fourth-order valence-electron chi connectivity index (χ4n) is 0.868. The van der Waals surface area contributed by atoms with Crippen molar-refractivity contribution in [1.82, 2.24) is 14.8 Å². The highest BCUT2D eigenvalue weighted by atomic mass is 16.5. The van der Waals surface area contributed by atoms with Crippen molar-refractivity contribution in [3.8, 4) is 0 Å². The molecule has 0 radical (unpaired) electrons. The number of hydrogen-bond donors (Lipinski definition) is 2. The van der Waals surface area contributed by atoms with Gasteiger partial charge in [0.25, 0.3) is 0 Å². The van der Waals surface area contributed by atoms with Gasteiger partial charge in [-0.3, -0.25) is 10.1 Å². The maximum atomic E-state index is 11.4. The minimum Gasteiger partial charge on any atom is -0.383 e. The van der Waals surface area contributed by atoms with Gasteiger partial charge in [-0.1, -0.05) is 0 Å². The van der Waals surface area contributed by atoms with E-state index in [4.69, 9.17) is 10.5 Å². The smallest absolute Gasteiger partial charge is 0.246 e. The molecule has 7 heteroatoms. The van der Waals surface area contributed by atoms with Gasteiger partial charge in [-0.15, -0.1) is 0 Å². The van der Waals surface area contributed by atoms with E-state index in [0.717, 1.165) is 0 Å². The van der Waals surface area contributed by atoms with Crippen LogP contribution in [0.4, 0.5) is 5.95 Å². The number of nitrogens with one attached hydrogen (secondary N) is 1. The molecule has 1 unspecified atom stereocenters. The summed E-state index contributed by atoms with van der Waals surface area (Å²) < 4.78 is 6.19. The van der Waals surface area contributed by atoms with Gasteiger partial charge in [-0.05, 0) is 0 Å². The Morgan fingerprint density at radius 1 is 1.86 bits per heavy atom. The average Bonchev–Trinajstić information content (AvgIpc) is 2.52. The minimum absolute atomic E-state index is 0.170. The van der Waals surface area contributed by atoms with E-state index in [9.17, 15) is 4.79 Å². The Morgan fingerprint density at radius 2 is 2.57 bits per heavy atom. The summed E-state index contributed by atoms with van der Waals surface area (Å²) in [7, 11) is 3.15. The standard InChI is InChI=1S/C7H13N5O2/c1-12-7(9-4-10-12)11-6(13)5(8)3-14-2/h4-5H,3,8H2,1-2H3,(H,9,10,11,13). The lowest BCUT2D eigenvalue weighted by Crippen LogP contribution is -2.39. The van der Waals surface area contributed by atoms with E-state index in [1.54, 1.807) is 7.05 Å². The van der Waals surface area contributed by atoms with Crippen LogP contribution in [0.1, 0.15) is 0 Å². The molecule has 1 aromatic rings. The van der Waals surface area contributed by atoms with Crippen LogP contribution in [-0.4, -0.2) is 40.4 Å². The molecule has 0 bridgehead atoms. The van der Waals surface area contributed by atoms with Crippen LogP contribution in [0, 0.1) is 0 Å². The monoisotopic (exact) mass is 199 g/mol. The number of ether oxygens (including phenoxy) is 1. The molecule has 0 fully saturated rings. The molecular formula is C7H13N5O2. The first-order valence-electron chi connectivity index (χ1n) is 4.04. The third kappa shape index (κ3) is 2.51. The average molecular weight is 199 g/mol. The highest BCUT2D eigenvalue weighted by molar-refractivity contribution is 5.93. The molecule has 1 amide bonds. The van der Waals surface area contributed by atoms with E-state index in [2.05, 4.69) is 15.4 Å². The molecule has 0 spiro atoms. The van der Waals surface area contributed by atoms with Gasteiger partial charge in [0.1, 0.15) is 12.4 Å². The predicted octanol–water partition coefficient (Wildman–Crippen LogP) is -1.27. The molecule has 78 valence electrons. The van der Waals surface area contributed by atoms with Crippen molar-refractivity contribution in [2.45, 2.75) is 6.04 Å². The van der Waals surface area contributed by atoms with Crippen molar-refractivity contribution in [3.05, 3.63) is 6.33 Å². The second-order valence-corrected chi connectivity index (χ2v) is 2.76. The third-order valence-corrected chi connectivity index (χ3v) is 1.63. The van der Waals surface area contributed by atoms with Gasteiger partial charge in [0, 0.05) is 14.2 Å².